The number of hydrogen-bond donors (Lipinski definition) is 7. The number of guanidine groups is 1. The number of aliphatic hydroxyl groups is 2. The van der Waals surface area contributed by atoms with Crippen molar-refractivity contribution in [3.05, 3.63) is 128 Å². The number of phenols is 1. The van der Waals surface area contributed by atoms with E-state index < -0.39 is 22.5 Å². The van der Waals surface area contributed by atoms with Crippen LogP contribution >= 0.6 is 22.7 Å². The Kier molecular flexibility index (Phi) is 12.4. The van der Waals surface area contributed by atoms with Gasteiger partial charge in [-0.1, -0.05) is 85.9 Å². The quantitative estimate of drug-likeness (QED) is 0.0278. The first-order chi connectivity index (χ1) is 37.9. The fraction of sp³-hybridized carbons (Fsp3) is 0.500. The molecule has 3 spiro atoms. The van der Waals surface area contributed by atoms with Gasteiger partial charge in [0.25, 0.3) is 0 Å². The molecule has 5 aromatic rings. The number of thiophene rings is 2. The smallest absolute Gasteiger partial charge is 0.189 e. The number of ketones is 1. The van der Waals surface area contributed by atoms with Crippen molar-refractivity contribution in [2.45, 2.75) is 152 Å². The number of hydrogen-bond acceptors (Lipinski definition) is 9. The van der Waals surface area contributed by atoms with Crippen molar-refractivity contribution in [2.24, 2.45) is 56.6 Å². The Balaban J connectivity index is 1.01. The summed E-state index contributed by atoms with van der Waals surface area (Å²) >= 11 is 3.30. The summed E-state index contributed by atoms with van der Waals surface area (Å²) in [5.41, 5.74) is 12.6. The minimum atomic E-state index is -1.24. The van der Waals surface area contributed by atoms with Gasteiger partial charge in [0.05, 0.1) is 45.0 Å². The number of H-pyrrole nitrogens is 1. The molecule has 13 atom stereocenters. The molecular formula is C66H72N6O4S2. The maximum atomic E-state index is 16.1. The zero-order valence-corrected chi connectivity index (χ0v) is 46.5. The summed E-state index contributed by atoms with van der Waals surface area (Å²) < 4.78 is 0. The van der Waals surface area contributed by atoms with Crippen molar-refractivity contribution in [2.75, 3.05) is 11.9 Å². The van der Waals surface area contributed by atoms with Crippen LogP contribution in [-0.2, 0) is 12.8 Å². The van der Waals surface area contributed by atoms with Crippen LogP contribution in [0.5, 0.6) is 5.75 Å². The molecule has 14 rings (SSSR count). The van der Waals surface area contributed by atoms with Crippen LogP contribution in [0.2, 0.25) is 0 Å². The number of carbonyl (C=O) groups is 1. The number of allylic oxidation sites excluding steroid dienone is 1. The number of aromatic amines is 1. The van der Waals surface area contributed by atoms with Crippen molar-refractivity contribution in [1.82, 2.24) is 15.3 Å². The van der Waals surface area contributed by atoms with Gasteiger partial charge in [0.2, 0.25) is 0 Å². The number of benzene rings is 2. The minimum absolute atomic E-state index is 0.00488. The summed E-state index contributed by atoms with van der Waals surface area (Å²) in [5.74, 6) is 15.0. The average Bonchev–Trinajstić information content (AvgIpc) is 3.89. The lowest BCUT2D eigenvalue weighted by molar-refractivity contribution is -0.0192. The highest BCUT2D eigenvalue weighted by atomic mass is 32.1. The lowest BCUT2D eigenvalue weighted by Crippen LogP contribution is -2.54. The first kappa shape index (κ1) is 50.3. The number of aliphatic hydroxyl groups excluding tert-OH is 1. The highest BCUT2D eigenvalue weighted by Crippen LogP contribution is 2.77. The van der Waals surface area contributed by atoms with Gasteiger partial charge in [0, 0.05) is 69.4 Å². The standard InChI is InChI=1S/C66H72N6O4S2/c1-3-9-42-15-21-53(77-42)54-22-23-55(78-54)61(75)50-26-29-64-28-25-49-59(65(36-66(49,50)35-64)27-8-11-40(65)34-73)46-18-16-43-39(31-57(64)72-62(67)70-41-12-5-4-6-13-41)30-52(74)48-20-24-56(71-60(43)48)63(2,76)32-38-10-7-14-45-44(46)17-19-47(58(38)45)51-33-68-37-69-51/h7,10,14-15,20-25,28,30,33,37,40-41,44,46-47,49-50,56-57,59,71,73-74,76H,4-6,8,11-13,17,19,26-27,29,31-32,34-36H2,1-2H3,(H,68,69)(H3,67,70,72). The molecule has 9 aliphatic rings. The molecule has 78 heavy (non-hydrogen) atoms. The van der Waals surface area contributed by atoms with Crippen LogP contribution in [0.15, 0.2) is 84.3 Å². The van der Waals surface area contributed by atoms with Crippen LogP contribution in [0.4, 0.5) is 5.69 Å². The minimum Gasteiger partial charge on any atom is -0.507 e. The zero-order valence-electron chi connectivity index (χ0n) is 44.9. The third kappa shape index (κ3) is 7.96. The summed E-state index contributed by atoms with van der Waals surface area (Å²) in [4.78, 5) is 33.9. The van der Waals surface area contributed by atoms with Gasteiger partial charge < -0.3 is 36.7 Å². The van der Waals surface area contributed by atoms with Gasteiger partial charge in [-0.15, -0.1) is 28.6 Å². The van der Waals surface area contributed by atoms with E-state index in [1.807, 2.05) is 38.3 Å². The molecule has 2 aromatic carbocycles. The second kappa shape index (κ2) is 19.1. The third-order valence-corrected chi connectivity index (χ3v) is 23.6. The molecule has 7 aliphatic carbocycles. The van der Waals surface area contributed by atoms with Gasteiger partial charge in [-0.2, -0.15) is 0 Å². The number of nitrogens with two attached hydrogens (primary N) is 1. The van der Waals surface area contributed by atoms with Crippen molar-refractivity contribution in [3.63, 3.8) is 0 Å². The fourth-order valence-electron chi connectivity index (χ4n) is 18.1. The van der Waals surface area contributed by atoms with Crippen molar-refractivity contribution in [1.29, 1.82) is 0 Å². The average molecular weight is 1080 g/mol. The molecule has 5 heterocycles. The van der Waals surface area contributed by atoms with Crippen molar-refractivity contribution >= 4 is 46.2 Å². The van der Waals surface area contributed by atoms with E-state index in [2.05, 4.69) is 98.9 Å². The van der Waals surface area contributed by atoms with Gasteiger partial charge >= 0.3 is 0 Å². The highest BCUT2D eigenvalue weighted by molar-refractivity contribution is 7.23. The van der Waals surface area contributed by atoms with E-state index in [0.29, 0.717) is 30.8 Å². The molecule has 0 saturated heterocycles. The molecule has 4 saturated carbocycles. The monoisotopic (exact) mass is 1080 g/mol. The van der Waals surface area contributed by atoms with Gasteiger partial charge in [-0.05, 0) is 172 Å². The maximum absolute atomic E-state index is 16.1. The number of anilines is 1. The summed E-state index contributed by atoms with van der Waals surface area (Å²) in [6, 6.07) is 16.5. The fourth-order valence-corrected chi connectivity index (χ4v) is 20.1. The molecule has 3 aromatic heterocycles. The number of nitrogens with zero attached hydrogens (tertiary/aromatic N) is 2. The van der Waals surface area contributed by atoms with Crippen LogP contribution < -0.4 is 16.4 Å². The topological polar surface area (TPSA) is 169 Å². The van der Waals surface area contributed by atoms with Gasteiger partial charge in [0.15, 0.2) is 11.7 Å². The Morgan fingerprint density at radius 2 is 1.83 bits per heavy atom. The number of imidazole rings is 1. The Bertz CT molecular complexity index is 3430. The molecular weight excluding hydrogens is 1000 g/mol. The summed E-state index contributed by atoms with van der Waals surface area (Å²) in [6.45, 7) is 3.90. The number of rotatable bonds is 7. The molecule has 4 fully saturated rings. The second-order valence-corrected chi connectivity index (χ2v) is 27.5. The Morgan fingerprint density at radius 3 is 2.67 bits per heavy atom. The summed E-state index contributed by atoms with van der Waals surface area (Å²) in [7, 11) is 0. The van der Waals surface area contributed by atoms with Crippen LogP contribution in [0.25, 0.3) is 15.8 Å². The SMILES string of the molecule is CC#Cc1ccc(-c2ccc(C(=O)C3CCC45C=CC6C(C7C#Cc8c(cc(O)c9c8NC(C=C9)C(C)(O)Cc8cccc9c8C(c8cnc[nH]8)CCC97)CC4N=C(N)NC4CCCCC4)C4(CCCC4CO)CC36C5)s2)s1. The van der Waals surface area contributed by atoms with E-state index in [4.69, 9.17) is 10.7 Å². The third-order valence-electron chi connectivity index (χ3n) is 21.3. The number of carbonyl (C=O) groups excluding carboxylic acids is 1. The molecule has 10 nitrogen and oxygen atoms in total. The predicted octanol–water partition coefficient (Wildman–Crippen LogP) is 11.9. The number of fused-ring (bicyclic) bond motifs is 5. The Hall–Kier alpha value is -5.89. The number of aromatic nitrogens is 2. The molecule has 13 unspecified atom stereocenters. The largest absolute Gasteiger partial charge is 0.507 e. The number of phenolic OH excluding ortho intramolecular Hbond substituents is 1. The lowest BCUT2D eigenvalue weighted by atomic mass is 9.47. The number of aromatic hydroxyl groups is 1. The van der Waals surface area contributed by atoms with Gasteiger partial charge in [0.1, 0.15) is 5.75 Å². The van der Waals surface area contributed by atoms with Gasteiger partial charge in [-0.25, -0.2) is 9.98 Å². The normalized spacial score (nSPS) is 35.1. The molecule has 0 radical (unpaired) electrons. The van der Waals surface area contributed by atoms with Crippen LogP contribution in [-0.4, -0.2) is 67.4 Å². The zero-order chi connectivity index (χ0) is 53.1. The molecule has 11 bridgehead atoms. The van der Waals surface area contributed by atoms with Crippen LogP contribution in [0, 0.1) is 69.5 Å². The highest BCUT2D eigenvalue weighted by Gasteiger charge is 2.72. The number of Topliss-reactive ketones (excluding diaryl/α,β-unsaturated/α-hetero) is 1. The van der Waals surface area contributed by atoms with E-state index in [1.54, 1.807) is 29.0 Å². The Morgan fingerprint density at radius 1 is 0.974 bits per heavy atom. The van der Waals surface area contributed by atoms with E-state index in [1.165, 1.54) is 17.5 Å². The maximum Gasteiger partial charge on any atom is 0.189 e. The van der Waals surface area contributed by atoms with Crippen LogP contribution in [0.1, 0.15) is 169 Å². The molecule has 402 valence electrons. The van der Waals surface area contributed by atoms with Gasteiger partial charge in [-0.3, -0.25) is 4.79 Å². The first-order valence-corrected chi connectivity index (χ1v) is 30.8. The molecule has 8 N–H and O–H groups in total. The predicted molar refractivity (Wildman–Crippen MR) is 312 cm³/mol. The van der Waals surface area contributed by atoms with E-state index in [0.717, 1.165) is 125 Å². The second-order valence-electron chi connectivity index (χ2n) is 25.3. The molecule has 2 aliphatic heterocycles. The van der Waals surface area contributed by atoms with E-state index in [-0.39, 0.29) is 77.1 Å². The first-order valence-electron chi connectivity index (χ1n) is 29.2. The Labute approximate surface area is 467 Å². The lowest BCUT2D eigenvalue weighted by Gasteiger charge is -2.57. The summed E-state index contributed by atoms with van der Waals surface area (Å²) in [6.07, 6.45) is 27.1. The number of nitrogens with one attached hydrogen (secondary N) is 3. The van der Waals surface area contributed by atoms with Crippen molar-refractivity contribution in [3.8, 4) is 39.2 Å². The molecule has 0 amide bonds. The van der Waals surface area contributed by atoms with Crippen molar-refractivity contribution < 1.29 is 20.1 Å². The number of aliphatic imine (C=N–C) groups is 1. The summed E-state index contributed by atoms with van der Waals surface area (Å²) in [5, 5.41) is 44.6. The van der Waals surface area contributed by atoms with E-state index in [9.17, 15) is 15.3 Å². The van der Waals surface area contributed by atoms with E-state index >= 15 is 4.79 Å². The van der Waals surface area contributed by atoms with Crippen LogP contribution in [0.3, 0.4) is 0 Å². The molecule has 12 heteroatoms.